The van der Waals surface area contributed by atoms with Crippen molar-refractivity contribution in [3.8, 4) is 0 Å². The number of nitrogens with zero attached hydrogens (tertiary/aromatic N) is 2. The van der Waals surface area contributed by atoms with Crippen molar-refractivity contribution in [3.05, 3.63) is 45.4 Å². The largest absolute Gasteiger partial charge is 0.306 e. The molecule has 0 N–H and O–H groups in total. The van der Waals surface area contributed by atoms with Gasteiger partial charge in [-0.1, -0.05) is 29.8 Å². The first-order valence-electron chi connectivity index (χ1n) is 6.02. The van der Waals surface area contributed by atoms with E-state index >= 15 is 0 Å². The molecule has 0 unspecified atom stereocenters. The second-order valence-electron chi connectivity index (χ2n) is 5.11. The van der Waals surface area contributed by atoms with Crippen LogP contribution in [0.3, 0.4) is 0 Å². The van der Waals surface area contributed by atoms with Crippen molar-refractivity contribution in [1.82, 2.24) is 4.98 Å². The lowest BCUT2D eigenvalue weighted by Crippen LogP contribution is -2.35. The van der Waals surface area contributed by atoms with Crippen molar-refractivity contribution in [2.24, 2.45) is 0 Å². The van der Waals surface area contributed by atoms with E-state index in [2.05, 4.69) is 4.98 Å². The Morgan fingerprint density at radius 1 is 1.37 bits per heavy atom. The summed E-state index contributed by atoms with van der Waals surface area (Å²) in [6, 6.07) is 7.94. The first-order chi connectivity index (χ1) is 9.00. The van der Waals surface area contributed by atoms with Crippen molar-refractivity contribution in [2.45, 2.75) is 25.8 Å². The molecule has 0 radical (unpaired) electrons. The van der Waals surface area contributed by atoms with E-state index in [4.69, 9.17) is 11.6 Å². The average Bonchev–Trinajstić information content (AvgIpc) is 2.87. The molecule has 1 aliphatic rings. The lowest BCUT2D eigenvalue weighted by molar-refractivity contribution is -0.122. The number of carbonyl (C=O) groups excluding carboxylic acids is 1. The van der Waals surface area contributed by atoms with Gasteiger partial charge in [0.05, 0.1) is 12.0 Å². The van der Waals surface area contributed by atoms with Crippen LogP contribution in [-0.2, 0) is 16.8 Å². The van der Waals surface area contributed by atoms with Crippen LogP contribution < -0.4 is 4.90 Å². The highest BCUT2D eigenvalue weighted by atomic mass is 35.5. The number of carbonyl (C=O) groups is 1. The van der Waals surface area contributed by atoms with Crippen molar-refractivity contribution in [1.29, 1.82) is 0 Å². The monoisotopic (exact) mass is 292 g/mol. The van der Waals surface area contributed by atoms with Gasteiger partial charge in [0.15, 0.2) is 4.47 Å². The summed E-state index contributed by atoms with van der Waals surface area (Å²) >= 11 is 7.25. The minimum absolute atomic E-state index is 0.123. The van der Waals surface area contributed by atoms with Gasteiger partial charge >= 0.3 is 0 Å². The molecule has 0 saturated heterocycles. The van der Waals surface area contributed by atoms with Gasteiger partial charge in [-0.3, -0.25) is 4.79 Å². The van der Waals surface area contributed by atoms with E-state index in [-0.39, 0.29) is 5.91 Å². The Hall–Kier alpha value is -1.39. The molecule has 1 aliphatic heterocycles. The minimum Gasteiger partial charge on any atom is -0.306 e. The molecular weight excluding hydrogens is 280 g/mol. The van der Waals surface area contributed by atoms with Crippen LogP contribution in [0, 0.1) is 0 Å². The van der Waals surface area contributed by atoms with E-state index in [0.29, 0.717) is 11.0 Å². The van der Waals surface area contributed by atoms with Crippen molar-refractivity contribution in [2.75, 3.05) is 4.90 Å². The van der Waals surface area contributed by atoms with Crippen LogP contribution in [0.1, 0.15) is 24.3 Å². The fourth-order valence-electron chi connectivity index (χ4n) is 2.47. The van der Waals surface area contributed by atoms with Crippen LogP contribution in [0.5, 0.6) is 0 Å². The van der Waals surface area contributed by atoms with Crippen molar-refractivity contribution >= 4 is 34.5 Å². The number of thiazole rings is 1. The predicted molar refractivity (Wildman–Crippen MR) is 77.8 cm³/mol. The Kier molecular flexibility index (Phi) is 2.87. The summed E-state index contributed by atoms with van der Waals surface area (Å²) < 4.78 is 0.509. The molecule has 1 aromatic heterocycles. The van der Waals surface area contributed by atoms with E-state index in [1.54, 1.807) is 6.20 Å². The molecular formula is C14H13ClN2OS. The topological polar surface area (TPSA) is 33.2 Å². The zero-order chi connectivity index (χ0) is 13.6. The number of amides is 1. The average molecular weight is 293 g/mol. The van der Waals surface area contributed by atoms with E-state index in [9.17, 15) is 4.79 Å². The minimum atomic E-state index is -0.467. The second-order valence-corrected chi connectivity index (χ2v) is 6.81. The summed E-state index contributed by atoms with van der Waals surface area (Å²) in [5.74, 6) is 0.123. The summed E-state index contributed by atoms with van der Waals surface area (Å²) in [6.07, 6.45) is 1.73. The number of anilines is 1. The Balaban J connectivity index is 2.01. The first kappa shape index (κ1) is 12.6. The molecule has 0 fully saturated rings. The Morgan fingerprint density at radius 3 is 2.79 bits per heavy atom. The maximum absolute atomic E-state index is 12.6. The summed E-state index contributed by atoms with van der Waals surface area (Å²) in [6.45, 7) is 4.46. The summed E-state index contributed by atoms with van der Waals surface area (Å²) in [5.41, 5.74) is 1.60. The van der Waals surface area contributed by atoms with Crippen LogP contribution in [0.4, 0.5) is 5.69 Å². The smallest absolute Gasteiger partial charge is 0.237 e. The fourth-order valence-corrected chi connectivity index (χ4v) is 3.44. The molecule has 0 saturated carbocycles. The van der Waals surface area contributed by atoms with E-state index in [0.717, 1.165) is 16.1 Å². The van der Waals surface area contributed by atoms with Gasteiger partial charge in [0.25, 0.3) is 0 Å². The van der Waals surface area contributed by atoms with Crippen LogP contribution in [0.2, 0.25) is 4.47 Å². The summed E-state index contributed by atoms with van der Waals surface area (Å²) in [4.78, 5) is 19.4. The van der Waals surface area contributed by atoms with Crippen LogP contribution >= 0.6 is 22.9 Å². The van der Waals surface area contributed by atoms with Crippen LogP contribution in [0.25, 0.3) is 0 Å². The Morgan fingerprint density at radius 2 is 2.11 bits per heavy atom. The normalized spacial score (nSPS) is 16.8. The zero-order valence-corrected chi connectivity index (χ0v) is 12.3. The molecule has 3 rings (SSSR count). The van der Waals surface area contributed by atoms with Crippen LogP contribution in [0.15, 0.2) is 30.5 Å². The van der Waals surface area contributed by atoms with Gasteiger partial charge in [0.1, 0.15) is 0 Å². The van der Waals surface area contributed by atoms with Crippen LogP contribution in [-0.4, -0.2) is 10.9 Å². The number of hydrogen-bond donors (Lipinski definition) is 0. The molecule has 2 aromatic rings. The molecule has 2 heterocycles. The molecule has 98 valence electrons. The highest BCUT2D eigenvalue weighted by Crippen LogP contribution is 2.42. The lowest BCUT2D eigenvalue weighted by Gasteiger charge is -2.19. The third kappa shape index (κ3) is 1.95. The highest BCUT2D eigenvalue weighted by molar-refractivity contribution is 7.15. The third-order valence-electron chi connectivity index (χ3n) is 3.49. The van der Waals surface area contributed by atoms with Gasteiger partial charge in [0, 0.05) is 16.8 Å². The first-order valence-corrected chi connectivity index (χ1v) is 7.21. The zero-order valence-electron chi connectivity index (χ0n) is 10.7. The molecule has 0 atom stereocenters. The van der Waals surface area contributed by atoms with Gasteiger partial charge in [-0.15, -0.1) is 11.3 Å². The standard InChI is InChI=1S/C14H13ClN2OS/c1-14(2)10-5-3-4-6-11(10)17(12(14)18)8-9-7-16-13(15)19-9/h3-7H,8H2,1-2H3. The van der Waals surface area contributed by atoms with Gasteiger partial charge in [-0.2, -0.15) is 0 Å². The molecule has 0 aliphatic carbocycles. The van der Waals surface area contributed by atoms with Gasteiger partial charge < -0.3 is 4.90 Å². The fraction of sp³-hybridized carbons (Fsp3) is 0.286. The second kappa shape index (κ2) is 4.32. The third-order valence-corrected chi connectivity index (χ3v) is 4.59. The molecule has 3 nitrogen and oxygen atoms in total. The SMILES string of the molecule is CC1(C)C(=O)N(Cc2cnc(Cl)s2)c2ccccc21. The van der Waals surface area contributed by atoms with Crippen molar-refractivity contribution < 1.29 is 4.79 Å². The van der Waals surface area contributed by atoms with E-state index < -0.39 is 5.41 Å². The Labute approximate surface area is 120 Å². The summed E-state index contributed by atoms with van der Waals surface area (Å²) in [5, 5.41) is 0. The number of halogens is 1. The number of aromatic nitrogens is 1. The molecule has 5 heteroatoms. The number of hydrogen-bond acceptors (Lipinski definition) is 3. The van der Waals surface area contributed by atoms with E-state index in [1.165, 1.54) is 11.3 Å². The quantitative estimate of drug-likeness (QED) is 0.847. The van der Waals surface area contributed by atoms with Crippen molar-refractivity contribution in [3.63, 3.8) is 0 Å². The van der Waals surface area contributed by atoms with Gasteiger partial charge in [0.2, 0.25) is 5.91 Å². The highest BCUT2D eigenvalue weighted by Gasteiger charge is 2.43. The van der Waals surface area contributed by atoms with Gasteiger partial charge in [-0.05, 0) is 25.5 Å². The lowest BCUT2D eigenvalue weighted by atomic mass is 9.86. The number of fused-ring (bicyclic) bond motifs is 1. The number of rotatable bonds is 2. The maximum Gasteiger partial charge on any atom is 0.237 e. The molecule has 0 spiro atoms. The number of benzene rings is 1. The molecule has 1 aromatic carbocycles. The maximum atomic E-state index is 12.6. The Bertz CT molecular complexity index is 650. The molecule has 1 amide bonds. The summed E-state index contributed by atoms with van der Waals surface area (Å²) in [7, 11) is 0. The molecule has 19 heavy (non-hydrogen) atoms. The van der Waals surface area contributed by atoms with E-state index in [1.807, 2.05) is 43.0 Å². The van der Waals surface area contributed by atoms with Gasteiger partial charge in [-0.25, -0.2) is 4.98 Å². The molecule has 0 bridgehead atoms. The number of para-hydroxylation sites is 1. The predicted octanol–water partition coefficient (Wildman–Crippen LogP) is 3.62.